The van der Waals surface area contributed by atoms with Crippen LogP contribution in [0.25, 0.3) is 11.1 Å². The van der Waals surface area contributed by atoms with Gasteiger partial charge in [0, 0.05) is 30.9 Å². The number of nitrogens with zero attached hydrogens (tertiary/aromatic N) is 3. The number of fused-ring (bicyclic) bond motifs is 1. The van der Waals surface area contributed by atoms with E-state index < -0.39 is 11.9 Å². The molecule has 5 nitrogen and oxygen atoms in total. The van der Waals surface area contributed by atoms with Crippen molar-refractivity contribution in [3.63, 3.8) is 0 Å². The Balaban J connectivity index is 2.09. The van der Waals surface area contributed by atoms with Crippen LogP contribution in [0.2, 0.25) is 0 Å². The molecule has 0 saturated carbocycles. The van der Waals surface area contributed by atoms with Crippen molar-refractivity contribution in [2.45, 2.75) is 6.42 Å². The van der Waals surface area contributed by atoms with Crippen molar-refractivity contribution in [2.75, 3.05) is 11.4 Å². The van der Waals surface area contributed by atoms with Crippen molar-refractivity contribution >= 4 is 11.8 Å². The highest BCUT2D eigenvalue weighted by molar-refractivity contribution is 5.89. The van der Waals surface area contributed by atoms with Crippen LogP contribution in [-0.2, 0) is 13.5 Å². The Kier molecular flexibility index (Phi) is 2.51. The van der Waals surface area contributed by atoms with Crippen LogP contribution in [0.5, 0.6) is 0 Å². The molecule has 2 heterocycles. The summed E-state index contributed by atoms with van der Waals surface area (Å²) in [6.45, 7) is 0.376. The fourth-order valence-electron chi connectivity index (χ4n) is 2.39. The van der Waals surface area contributed by atoms with Crippen molar-refractivity contribution in [2.24, 2.45) is 7.05 Å². The second kappa shape index (κ2) is 4.08. The number of rotatable bonds is 1. The Hall–Kier alpha value is -2.37. The van der Waals surface area contributed by atoms with Crippen molar-refractivity contribution in [3.05, 3.63) is 35.9 Å². The fraction of sp³-hybridized carbons (Fsp3) is 0.231. The van der Waals surface area contributed by atoms with E-state index in [0.29, 0.717) is 29.8 Å². The summed E-state index contributed by atoms with van der Waals surface area (Å²) >= 11 is 0. The number of benzene rings is 1. The van der Waals surface area contributed by atoms with Crippen LogP contribution in [0.1, 0.15) is 5.56 Å². The van der Waals surface area contributed by atoms with E-state index in [1.807, 2.05) is 0 Å². The Morgan fingerprint density at radius 2 is 2.26 bits per heavy atom. The van der Waals surface area contributed by atoms with Crippen LogP contribution in [0.3, 0.4) is 0 Å². The Bertz CT molecular complexity index is 666. The molecule has 1 aromatic heterocycles. The van der Waals surface area contributed by atoms with E-state index in [1.165, 1.54) is 11.0 Å². The van der Waals surface area contributed by atoms with Gasteiger partial charge in [-0.1, -0.05) is 0 Å². The van der Waals surface area contributed by atoms with E-state index in [2.05, 4.69) is 5.10 Å². The summed E-state index contributed by atoms with van der Waals surface area (Å²) in [6, 6.07) is 3.00. The topological polar surface area (TPSA) is 58.4 Å². The third-order valence-corrected chi connectivity index (χ3v) is 3.31. The monoisotopic (exact) mass is 261 g/mol. The molecule has 98 valence electrons. The fourth-order valence-corrected chi connectivity index (χ4v) is 2.39. The molecule has 0 radical (unpaired) electrons. The summed E-state index contributed by atoms with van der Waals surface area (Å²) in [5, 5.41) is 13.0. The Labute approximate surface area is 108 Å². The second-order valence-corrected chi connectivity index (χ2v) is 4.55. The zero-order chi connectivity index (χ0) is 13.6. The maximum absolute atomic E-state index is 14.1. The van der Waals surface area contributed by atoms with E-state index >= 15 is 0 Å². The first-order valence-electron chi connectivity index (χ1n) is 5.88. The quantitative estimate of drug-likeness (QED) is 0.856. The van der Waals surface area contributed by atoms with Gasteiger partial charge in [0.25, 0.3) is 0 Å². The molecule has 0 spiro atoms. The summed E-state index contributed by atoms with van der Waals surface area (Å²) in [5.74, 6) is -0.431. The van der Waals surface area contributed by atoms with Gasteiger partial charge in [-0.15, -0.1) is 0 Å². The predicted molar refractivity (Wildman–Crippen MR) is 67.7 cm³/mol. The lowest BCUT2D eigenvalue weighted by atomic mass is 10.0. The van der Waals surface area contributed by atoms with Crippen molar-refractivity contribution < 1.29 is 14.3 Å². The highest BCUT2D eigenvalue weighted by Crippen LogP contribution is 2.34. The summed E-state index contributed by atoms with van der Waals surface area (Å²) in [4.78, 5) is 12.2. The first kappa shape index (κ1) is 11.7. The SMILES string of the molecule is Cn1cc(-c2cc3c(cc2F)N(C(=O)O)CC3)cn1. The molecule has 19 heavy (non-hydrogen) atoms. The average Bonchev–Trinajstić information content (AvgIpc) is 2.93. The largest absolute Gasteiger partial charge is 0.465 e. The number of halogens is 1. The summed E-state index contributed by atoms with van der Waals surface area (Å²) < 4.78 is 15.7. The standard InChI is InChI=1S/C13H12FN3O2/c1-16-7-9(6-15-16)10-4-8-2-3-17(13(18)19)12(8)5-11(10)14/h4-7H,2-3H2,1H3,(H,18,19). The van der Waals surface area contributed by atoms with Crippen LogP contribution in [0.4, 0.5) is 14.9 Å². The summed E-state index contributed by atoms with van der Waals surface area (Å²) in [7, 11) is 1.76. The predicted octanol–water partition coefficient (Wildman–Crippen LogP) is 2.27. The molecule has 1 aliphatic rings. The number of carboxylic acid groups (broad SMARTS) is 1. The zero-order valence-corrected chi connectivity index (χ0v) is 10.3. The van der Waals surface area contributed by atoms with E-state index in [-0.39, 0.29) is 0 Å². The Morgan fingerprint density at radius 1 is 1.47 bits per heavy atom. The van der Waals surface area contributed by atoms with E-state index in [1.54, 1.807) is 30.2 Å². The van der Waals surface area contributed by atoms with Gasteiger partial charge in [0.15, 0.2) is 0 Å². The number of hydrogen-bond donors (Lipinski definition) is 1. The number of aryl methyl sites for hydroxylation is 1. The molecule has 1 amide bonds. The van der Waals surface area contributed by atoms with Crippen LogP contribution in [-0.4, -0.2) is 27.5 Å². The minimum Gasteiger partial charge on any atom is -0.465 e. The zero-order valence-electron chi connectivity index (χ0n) is 10.3. The first-order valence-corrected chi connectivity index (χ1v) is 5.88. The molecular weight excluding hydrogens is 249 g/mol. The van der Waals surface area contributed by atoms with E-state index in [4.69, 9.17) is 5.11 Å². The number of carbonyl (C=O) groups is 1. The molecule has 1 aromatic carbocycles. The molecule has 0 aliphatic carbocycles. The van der Waals surface area contributed by atoms with Gasteiger partial charge in [-0.2, -0.15) is 5.10 Å². The van der Waals surface area contributed by atoms with Crippen LogP contribution in [0, 0.1) is 5.82 Å². The molecule has 0 atom stereocenters. The molecule has 2 aromatic rings. The van der Waals surface area contributed by atoms with Gasteiger partial charge >= 0.3 is 6.09 Å². The highest BCUT2D eigenvalue weighted by Gasteiger charge is 2.26. The van der Waals surface area contributed by atoms with Gasteiger partial charge < -0.3 is 5.11 Å². The minimum absolute atomic E-state index is 0.376. The number of aromatic nitrogens is 2. The maximum Gasteiger partial charge on any atom is 0.411 e. The van der Waals surface area contributed by atoms with Crippen LogP contribution in [0.15, 0.2) is 24.5 Å². The third-order valence-electron chi connectivity index (χ3n) is 3.31. The van der Waals surface area contributed by atoms with Gasteiger partial charge in [0.05, 0.1) is 11.9 Å². The van der Waals surface area contributed by atoms with Gasteiger partial charge in [-0.05, 0) is 24.1 Å². The molecule has 0 unspecified atom stereocenters. The molecular formula is C13H12FN3O2. The van der Waals surface area contributed by atoms with Gasteiger partial charge in [-0.25, -0.2) is 9.18 Å². The Morgan fingerprint density at radius 3 is 2.89 bits per heavy atom. The third kappa shape index (κ3) is 1.85. The van der Waals surface area contributed by atoms with Gasteiger partial charge in [0.2, 0.25) is 0 Å². The van der Waals surface area contributed by atoms with Gasteiger partial charge in [-0.3, -0.25) is 9.58 Å². The van der Waals surface area contributed by atoms with Crippen molar-refractivity contribution in [1.29, 1.82) is 0 Å². The highest BCUT2D eigenvalue weighted by atomic mass is 19.1. The molecule has 6 heteroatoms. The molecule has 3 rings (SSSR count). The normalized spacial score (nSPS) is 13.7. The van der Waals surface area contributed by atoms with Crippen LogP contribution < -0.4 is 4.90 Å². The molecule has 1 aliphatic heterocycles. The van der Waals surface area contributed by atoms with Crippen molar-refractivity contribution in [3.8, 4) is 11.1 Å². The second-order valence-electron chi connectivity index (χ2n) is 4.55. The van der Waals surface area contributed by atoms with Crippen LogP contribution >= 0.6 is 0 Å². The van der Waals surface area contributed by atoms with E-state index in [9.17, 15) is 9.18 Å². The minimum atomic E-state index is -1.05. The molecule has 0 saturated heterocycles. The number of amides is 1. The number of anilines is 1. The van der Waals surface area contributed by atoms with Crippen molar-refractivity contribution in [1.82, 2.24) is 9.78 Å². The summed E-state index contributed by atoms with van der Waals surface area (Å²) in [6.07, 6.45) is 2.88. The molecule has 1 N–H and O–H groups in total. The summed E-state index contributed by atoms with van der Waals surface area (Å²) in [5.41, 5.74) is 2.44. The lowest BCUT2D eigenvalue weighted by Crippen LogP contribution is -2.26. The lowest BCUT2D eigenvalue weighted by molar-refractivity contribution is 0.202. The first-order chi connectivity index (χ1) is 9.06. The van der Waals surface area contributed by atoms with E-state index in [0.717, 1.165) is 5.56 Å². The van der Waals surface area contributed by atoms with Gasteiger partial charge in [0.1, 0.15) is 5.82 Å². The molecule has 0 bridgehead atoms. The number of hydrogen-bond acceptors (Lipinski definition) is 2. The lowest BCUT2D eigenvalue weighted by Gasteiger charge is -2.13. The maximum atomic E-state index is 14.1. The molecule has 0 fully saturated rings. The smallest absolute Gasteiger partial charge is 0.411 e. The average molecular weight is 261 g/mol.